The fourth-order valence-corrected chi connectivity index (χ4v) is 6.19. The van der Waals surface area contributed by atoms with Crippen molar-refractivity contribution in [2.45, 2.75) is 57.3 Å². The number of phenols is 1. The van der Waals surface area contributed by atoms with Crippen LogP contribution in [0.25, 0.3) is 6.08 Å². The van der Waals surface area contributed by atoms with Crippen LogP contribution >= 0.6 is 0 Å². The SMILES string of the molecule is C[C@H]1c2c(/C=C/C(=O)NC(C)(C)C)ccc(O)c2C(=O)C2C(=O)[C@]3(O)C(=O)C(C(N)=O)C(=O)C[C@@H]3[C@@H](O)[C@@H]21. The molecule has 0 bridgehead atoms. The summed E-state index contributed by atoms with van der Waals surface area (Å²) in [5.41, 5.74) is 2.12. The van der Waals surface area contributed by atoms with Crippen LogP contribution in [0.1, 0.15) is 61.5 Å². The maximum atomic E-state index is 13.7. The number of fused-ring (bicyclic) bond motifs is 3. The number of amides is 2. The maximum Gasteiger partial charge on any atom is 0.244 e. The molecule has 3 aliphatic carbocycles. The summed E-state index contributed by atoms with van der Waals surface area (Å²) < 4.78 is 0. The van der Waals surface area contributed by atoms with E-state index in [4.69, 9.17) is 5.73 Å². The highest BCUT2D eigenvalue weighted by molar-refractivity contribution is 6.31. The Hall–Kier alpha value is -3.70. The van der Waals surface area contributed by atoms with Crippen molar-refractivity contribution in [1.82, 2.24) is 5.32 Å². The molecule has 0 aromatic heterocycles. The number of hydrogen-bond donors (Lipinski definition) is 5. The van der Waals surface area contributed by atoms with E-state index < -0.39 is 94.0 Å². The third-order valence-corrected chi connectivity index (χ3v) is 7.78. The van der Waals surface area contributed by atoms with Crippen molar-refractivity contribution in [3.63, 3.8) is 0 Å². The summed E-state index contributed by atoms with van der Waals surface area (Å²) in [6, 6.07) is 2.71. The number of nitrogens with one attached hydrogen (secondary N) is 1. The average molecular weight is 527 g/mol. The number of aliphatic hydroxyl groups is 2. The highest BCUT2D eigenvalue weighted by Gasteiger charge is 2.69. The van der Waals surface area contributed by atoms with Gasteiger partial charge in [-0.15, -0.1) is 0 Å². The highest BCUT2D eigenvalue weighted by Crippen LogP contribution is 2.54. The first-order valence-corrected chi connectivity index (χ1v) is 12.2. The molecule has 11 heteroatoms. The Balaban J connectivity index is 1.83. The topological polar surface area (TPSA) is 201 Å². The molecule has 4 rings (SSSR count). The molecule has 38 heavy (non-hydrogen) atoms. The first kappa shape index (κ1) is 27.3. The van der Waals surface area contributed by atoms with Gasteiger partial charge in [0.2, 0.25) is 11.8 Å². The third kappa shape index (κ3) is 3.97. The Labute approximate surface area is 218 Å². The molecule has 2 unspecified atom stereocenters. The zero-order valence-corrected chi connectivity index (χ0v) is 21.3. The van der Waals surface area contributed by atoms with Gasteiger partial charge in [-0.3, -0.25) is 28.8 Å². The van der Waals surface area contributed by atoms with E-state index in [1.54, 1.807) is 27.7 Å². The summed E-state index contributed by atoms with van der Waals surface area (Å²) in [5, 5.41) is 36.0. The molecule has 2 saturated carbocycles. The van der Waals surface area contributed by atoms with E-state index in [0.29, 0.717) is 5.56 Å². The van der Waals surface area contributed by atoms with Crippen molar-refractivity contribution >= 4 is 41.0 Å². The predicted octanol–water partition coefficient (Wildman–Crippen LogP) is -0.213. The number of carbonyl (C=O) groups excluding carboxylic acids is 6. The van der Waals surface area contributed by atoms with Gasteiger partial charge >= 0.3 is 0 Å². The lowest BCUT2D eigenvalue weighted by Gasteiger charge is -2.53. The molecule has 6 N–H and O–H groups in total. The van der Waals surface area contributed by atoms with Crippen LogP contribution in [0.3, 0.4) is 0 Å². The molecular formula is C27H30N2O9. The number of aliphatic hydroxyl groups excluding tert-OH is 1. The Bertz CT molecular complexity index is 1320. The number of Topliss-reactive ketones (excluding diaryl/α,β-unsaturated/α-hetero) is 4. The van der Waals surface area contributed by atoms with E-state index in [1.165, 1.54) is 24.3 Å². The number of hydrogen-bond acceptors (Lipinski definition) is 9. The summed E-state index contributed by atoms with van der Waals surface area (Å²) in [4.78, 5) is 77.0. The van der Waals surface area contributed by atoms with Crippen LogP contribution in [0.5, 0.6) is 5.75 Å². The van der Waals surface area contributed by atoms with Crippen molar-refractivity contribution in [1.29, 1.82) is 0 Å². The Morgan fingerprint density at radius 1 is 1.13 bits per heavy atom. The molecule has 1 aromatic rings. The standard InChI is InChI=1S/C27H30N2O9/c1-10-16-11(6-8-15(32)29-26(2,3)4)5-7-13(30)18(16)22(34)20-17(10)21(33)12-9-14(31)19(25(28)37)23(35)27(12,38)24(20)36/h5-8,10,12,17,19-21,30,33,38H,9H2,1-4H3,(H2,28,37)(H,29,32)/b8-6+/t10-,12+,17+,19?,20?,21+,27+/m0/s1. The van der Waals surface area contributed by atoms with Crippen molar-refractivity contribution in [3.8, 4) is 5.75 Å². The number of aromatic hydroxyl groups is 1. The summed E-state index contributed by atoms with van der Waals surface area (Å²) in [7, 11) is 0. The molecule has 0 spiro atoms. The van der Waals surface area contributed by atoms with Gasteiger partial charge in [0.25, 0.3) is 0 Å². The lowest BCUT2D eigenvalue weighted by molar-refractivity contribution is -0.189. The minimum absolute atomic E-state index is 0.231. The normalized spacial score (nSPS) is 33.0. The minimum Gasteiger partial charge on any atom is -0.507 e. The maximum absolute atomic E-state index is 13.7. The summed E-state index contributed by atoms with van der Waals surface area (Å²) >= 11 is 0. The van der Waals surface area contributed by atoms with Gasteiger partial charge in [0, 0.05) is 29.9 Å². The van der Waals surface area contributed by atoms with Crippen molar-refractivity contribution in [3.05, 3.63) is 34.9 Å². The van der Waals surface area contributed by atoms with Crippen LogP contribution in [-0.2, 0) is 24.0 Å². The van der Waals surface area contributed by atoms with Gasteiger partial charge in [0.05, 0.1) is 17.6 Å². The molecule has 202 valence electrons. The molecule has 2 amide bonds. The molecule has 3 aliphatic rings. The smallest absolute Gasteiger partial charge is 0.244 e. The first-order chi connectivity index (χ1) is 17.5. The zero-order chi connectivity index (χ0) is 28.5. The predicted molar refractivity (Wildman–Crippen MR) is 132 cm³/mol. The number of benzene rings is 1. The fourth-order valence-electron chi connectivity index (χ4n) is 6.19. The van der Waals surface area contributed by atoms with Crippen molar-refractivity contribution in [2.24, 2.45) is 29.4 Å². The lowest BCUT2D eigenvalue weighted by atomic mass is 9.50. The molecular weight excluding hydrogens is 496 g/mol. The number of nitrogens with two attached hydrogens (primary N) is 1. The van der Waals surface area contributed by atoms with Gasteiger partial charge < -0.3 is 26.4 Å². The summed E-state index contributed by atoms with van der Waals surface area (Å²) in [6.07, 6.45) is 0.367. The van der Waals surface area contributed by atoms with Crippen LogP contribution in [-0.4, -0.2) is 67.5 Å². The Morgan fingerprint density at radius 3 is 2.34 bits per heavy atom. The number of ketones is 4. The van der Waals surface area contributed by atoms with Crippen LogP contribution in [0.4, 0.5) is 0 Å². The van der Waals surface area contributed by atoms with Crippen LogP contribution < -0.4 is 11.1 Å². The molecule has 0 aliphatic heterocycles. The second kappa shape index (κ2) is 8.95. The van der Waals surface area contributed by atoms with Gasteiger partial charge in [0.15, 0.2) is 34.7 Å². The largest absolute Gasteiger partial charge is 0.507 e. The first-order valence-electron chi connectivity index (χ1n) is 12.2. The molecule has 7 atom stereocenters. The Morgan fingerprint density at radius 2 is 1.76 bits per heavy atom. The number of rotatable bonds is 3. The summed E-state index contributed by atoms with van der Waals surface area (Å²) in [6.45, 7) is 7.01. The van der Waals surface area contributed by atoms with Crippen molar-refractivity contribution in [2.75, 3.05) is 0 Å². The highest BCUT2D eigenvalue weighted by atomic mass is 16.3. The van der Waals surface area contributed by atoms with Gasteiger partial charge in [-0.05, 0) is 50.0 Å². The van der Waals surface area contributed by atoms with Crippen LogP contribution in [0.2, 0.25) is 0 Å². The van der Waals surface area contributed by atoms with E-state index in [1.807, 2.05) is 0 Å². The zero-order valence-electron chi connectivity index (χ0n) is 21.3. The van der Waals surface area contributed by atoms with E-state index in [9.17, 15) is 44.1 Å². The molecule has 2 fully saturated rings. The minimum atomic E-state index is -2.97. The van der Waals surface area contributed by atoms with Crippen LogP contribution in [0.15, 0.2) is 18.2 Å². The quantitative estimate of drug-likeness (QED) is 0.261. The van der Waals surface area contributed by atoms with Gasteiger partial charge in [-0.25, -0.2) is 0 Å². The molecule has 11 nitrogen and oxygen atoms in total. The molecule has 1 aromatic carbocycles. The number of phenolic OH excluding ortho intramolecular Hbond substituents is 1. The lowest BCUT2D eigenvalue weighted by Crippen LogP contribution is -2.72. The van der Waals surface area contributed by atoms with E-state index in [2.05, 4.69) is 5.32 Å². The average Bonchev–Trinajstić information content (AvgIpc) is 2.79. The van der Waals surface area contributed by atoms with Gasteiger partial charge in [-0.1, -0.05) is 13.0 Å². The number of carbonyl (C=O) groups is 6. The monoisotopic (exact) mass is 526 g/mol. The number of primary amides is 1. The van der Waals surface area contributed by atoms with Gasteiger partial charge in [-0.2, -0.15) is 0 Å². The van der Waals surface area contributed by atoms with E-state index in [-0.39, 0.29) is 11.1 Å². The molecule has 0 heterocycles. The second-order valence-corrected chi connectivity index (χ2v) is 11.3. The molecule has 0 saturated heterocycles. The van der Waals surface area contributed by atoms with Crippen molar-refractivity contribution < 1.29 is 44.1 Å². The van der Waals surface area contributed by atoms with Crippen LogP contribution in [0, 0.1) is 23.7 Å². The summed E-state index contributed by atoms with van der Waals surface area (Å²) in [5.74, 6) is -14.1. The molecule has 0 radical (unpaired) electrons. The second-order valence-electron chi connectivity index (χ2n) is 11.3. The third-order valence-electron chi connectivity index (χ3n) is 7.78. The fraction of sp³-hybridized carbons (Fsp3) is 0.481. The van der Waals surface area contributed by atoms with E-state index >= 15 is 0 Å². The Kier molecular flexibility index (Phi) is 6.44. The van der Waals surface area contributed by atoms with Gasteiger partial charge in [0.1, 0.15) is 5.75 Å². The van der Waals surface area contributed by atoms with E-state index in [0.717, 1.165) is 0 Å².